The average Bonchev–Trinajstić information content (AvgIpc) is 2.37. The molecule has 0 aromatic heterocycles. The Labute approximate surface area is 110 Å². The first kappa shape index (κ1) is 13.5. The van der Waals surface area contributed by atoms with Gasteiger partial charge in [-0.2, -0.15) is 0 Å². The highest BCUT2D eigenvalue weighted by molar-refractivity contribution is 7.89. The first-order valence-electron chi connectivity index (χ1n) is 5.46. The second-order valence-corrected chi connectivity index (χ2v) is 5.47. The summed E-state index contributed by atoms with van der Waals surface area (Å²) < 4.78 is 41.0. The Hall–Kier alpha value is -1.92. The fourth-order valence-corrected chi connectivity index (χ4v) is 2.04. The molecule has 0 atom stereocenters. The Balaban J connectivity index is 2.14. The van der Waals surface area contributed by atoms with Gasteiger partial charge in [0.1, 0.15) is 6.61 Å². The molecule has 2 N–H and O–H groups in total. The summed E-state index contributed by atoms with van der Waals surface area (Å²) >= 11 is 0. The molecule has 2 rings (SSSR count). The fraction of sp³-hybridized carbons (Fsp3) is 0.0769. The average molecular weight is 281 g/mol. The van der Waals surface area contributed by atoms with E-state index in [0.717, 1.165) is 11.6 Å². The van der Waals surface area contributed by atoms with E-state index in [2.05, 4.69) is 0 Å². The maximum atomic E-state index is 13.6. The number of hydrogen-bond donors (Lipinski definition) is 1. The number of ether oxygens (including phenoxy) is 1. The SMILES string of the molecule is NS(=O)(=O)c1ccc(OCc2ccccc2)c(F)c1. The number of halogens is 1. The van der Waals surface area contributed by atoms with Crippen molar-refractivity contribution in [3.05, 3.63) is 59.9 Å². The van der Waals surface area contributed by atoms with Crippen molar-refractivity contribution < 1.29 is 17.5 Å². The van der Waals surface area contributed by atoms with Crippen LogP contribution in [-0.2, 0) is 16.6 Å². The molecule has 2 aromatic rings. The van der Waals surface area contributed by atoms with Gasteiger partial charge in [-0.3, -0.25) is 0 Å². The topological polar surface area (TPSA) is 69.4 Å². The van der Waals surface area contributed by atoms with Gasteiger partial charge in [-0.05, 0) is 23.8 Å². The van der Waals surface area contributed by atoms with Gasteiger partial charge in [0.25, 0.3) is 0 Å². The Bertz CT molecular complexity index is 672. The summed E-state index contributed by atoms with van der Waals surface area (Å²) in [5.74, 6) is -0.779. The molecular formula is C13H12FNO3S. The van der Waals surface area contributed by atoms with Gasteiger partial charge in [0, 0.05) is 0 Å². The molecular weight excluding hydrogens is 269 g/mol. The van der Waals surface area contributed by atoms with E-state index in [0.29, 0.717) is 0 Å². The summed E-state index contributed by atoms with van der Waals surface area (Å²) in [4.78, 5) is -0.280. The Morgan fingerprint density at radius 2 is 1.79 bits per heavy atom. The molecule has 0 saturated carbocycles. The van der Waals surface area contributed by atoms with Crippen LogP contribution in [0.25, 0.3) is 0 Å². The van der Waals surface area contributed by atoms with E-state index in [1.54, 1.807) is 0 Å². The molecule has 0 aliphatic carbocycles. The van der Waals surface area contributed by atoms with Gasteiger partial charge >= 0.3 is 0 Å². The van der Waals surface area contributed by atoms with Crippen molar-refractivity contribution in [2.24, 2.45) is 5.14 Å². The van der Waals surface area contributed by atoms with Crippen molar-refractivity contribution in [3.8, 4) is 5.75 Å². The molecule has 0 heterocycles. The van der Waals surface area contributed by atoms with E-state index in [1.807, 2.05) is 30.3 Å². The number of benzene rings is 2. The predicted molar refractivity (Wildman–Crippen MR) is 68.5 cm³/mol. The summed E-state index contributed by atoms with van der Waals surface area (Å²) in [5, 5.41) is 4.91. The van der Waals surface area contributed by atoms with Crippen LogP contribution in [0.15, 0.2) is 53.4 Å². The van der Waals surface area contributed by atoms with E-state index in [9.17, 15) is 12.8 Å². The minimum absolute atomic E-state index is 0.0174. The molecule has 6 heteroatoms. The van der Waals surface area contributed by atoms with Crippen LogP contribution in [0.4, 0.5) is 4.39 Å². The summed E-state index contributed by atoms with van der Waals surface area (Å²) in [6.07, 6.45) is 0. The molecule has 19 heavy (non-hydrogen) atoms. The lowest BCUT2D eigenvalue weighted by atomic mass is 10.2. The highest BCUT2D eigenvalue weighted by Crippen LogP contribution is 2.21. The van der Waals surface area contributed by atoms with Gasteiger partial charge in [-0.15, -0.1) is 0 Å². The van der Waals surface area contributed by atoms with Gasteiger partial charge in [0.15, 0.2) is 11.6 Å². The zero-order chi connectivity index (χ0) is 13.9. The van der Waals surface area contributed by atoms with Gasteiger partial charge in [-0.25, -0.2) is 17.9 Å². The van der Waals surface area contributed by atoms with Crippen LogP contribution in [0.3, 0.4) is 0 Å². The molecule has 0 bridgehead atoms. The molecule has 0 spiro atoms. The van der Waals surface area contributed by atoms with Crippen molar-refractivity contribution in [3.63, 3.8) is 0 Å². The van der Waals surface area contributed by atoms with Crippen molar-refractivity contribution >= 4 is 10.0 Å². The van der Waals surface area contributed by atoms with Crippen molar-refractivity contribution in [1.29, 1.82) is 0 Å². The number of hydrogen-bond acceptors (Lipinski definition) is 3. The summed E-state index contributed by atoms with van der Waals surface area (Å²) in [5.41, 5.74) is 0.887. The van der Waals surface area contributed by atoms with Crippen molar-refractivity contribution in [2.45, 2.75) is 11.5 Å². The van der Waals surface area contributed by atoms with E-state index < -0.39 is 15.8 Å². The second kappa shape index (κ2) is 5.38. The standard InChI is InChI=1S/C13H12FNO3S/c14-12-8-11(19(15,16)17)6-7-13(12)18-9-10-4-2-1-3-5-10/h1-8H,9H2,(H2,15,16,17). The number of nitrogens with two attached hydrogens (primary N) is 1. The number of sulfonamides is 1. The zero-order valence-electron chi connectivity index (χ0n) is 9.91. The zero-order valence-corrected chi connectivity index (χ0v) is 10.7. The molecule has 4 nitrogen and oxygen atoms in total. The predicted octanol–water partition coefficient (Wildman–Crippen LogP) is 2.05. The van der Waals surface area contributed by atoms with Crippen molar-refractivity contribution in [2.75, 3.05) is 0 Å². The number of primary sulfonamides is 1. The van der Waals surface area contributed by atoms with Gasteiger partial charge < -0.3 is 4.74 Å². The minimum Gasteiger partial charge on any atom is -0.486 e. The third-order valence-electron chi connectivity index (χ3n) is 2.47. The molecule has 0 radical (unpaired) electrons. The third-order valence-corrected chi connectivity index (χ3v) is 3.38. The van der Waals surface area contributed by atoms with E-state index in [-0.39, 0.29) is 17.3 Å². The molecule has 100 valence electrons. The van der Waals surface area contributed by atoms with Crippen LogP contribution in [0.1, 0.15) is 5.56 Å². The molecule has 0 amide bonds. The molecule has 0 fully saturated rings. The maximum Gasteiger partial charge on any atom is 0.238 e. The molecule has 2 aromatic carbocycles. The van der Waals surface area contributed by atoms with Gasteiger partial charge in [0.2, 0.25) is 10.0 Å². The monoisotopic (exact) mass is 281 g/mol. The maximum absolute atomic E-state index is 13.6. The normalized spacial score (nSPS) is 11.3. The lowest BCUT2D eigenvalue weighted by molar-refractivity contribution is 0.290. The quantitative estimate of drug-likeness (QED) is 0.932. The first-order chi connectivity index (χ1) is 8.97. The van der Waals surface area contributed by atoms with Gasteiger partial charge in [0.05, 0.1) is 4.90 Å². The number of rotatable bonds is 4. The van der Waals surface area contributed by atoms with E-state index in [4.69, 9.17) is 9.88 Å². The highest BCUT2D eigenvalue weighted by atomic mass is 32.2. The van der Waals surface area contributed by atoms with Crippen LogP contribution >= 0.6 is 0 Å². The Morgan fingerprint density at radius 3 is 2.37 bits per heavy atom. The highest BCUT2D eigenvalue weighted by Gasteiger charge is 2.12. The first-order valence-corrected chi connectivity index (χ1v) is 7.00. The summed E-state index contributed by atoms with van der Waals surface area (Å²) in [6.45, 7) is 0.201. The Kier molecular flexibility index (Phi) is 3.82. The lowest BCUT2D eigenvalue weighted by Crippen LogP contribution is -2.12. The largest absolute Gasteiger partial charge is 0.486 e. The molecule has 0 aliphatic rings. The third kappa shape index (κ3) is 3.52. The molecule has 0 aliphatic heterocycles. The summed E-state index contributed by atoms with van der Waals surface area (Å²) in [7, 11) is -3.90. The smallest absolute Gasteiger partial charge is 0.238 e. The second-order valence-electron chi connectivity index (χ2n) is 3.91. The van der Waals surface area contributed by atoms with E-state index >= 15 is 0 Å². The minimum atomic E-state index is -3.90. The molecule has 0 unspecified atom stereocenters. The fourth-order valence-electron chi connectivity index (χ4n) is 1.51. The van der Waals surface area contributed by atoms with Crippen LogP contribution in [-0.4, -0.2) is 8.42 Å². The van der Waals surface area contributed by atoms with Crippen molar-refractivity contribution in [1.82, 2.24) is 0 Å². The van der Waals surface area contributed by atoms with Gasteiger partial charge in [-0.1, -0.05) is 30.3 Å². The van der Waals surface area contributed by atoms with Crippen LogP contribution < -0.4 is 9.88 Å². The molecule has 0 saturated heterocycles. The van der Waals surface area contributed by atoms with E-state index in [1.165, 1.54) is 12.1 Å². The summed E-state index contributed by atoms with van der Waals surface area (Å²) in [6, 6.07) is 12.5. The lowest BCUT2D eigenvalue weighted by Gasteiger charge is -2.08. The van der Waals surface area contributed by atoms with Crippen LogP contribution in [0.5, 0.6) is 5.75 Å². The van der Waals surface area contributed by atoms with Crippen LogP contribution in [0.2, 0.25) is 0 Å². The Morgan fingerprint density at radius 1 is 1.11 bits per heavy atom. The van der Waals surface area contributed by atoms with Crippen LogP contribution in [0, 0.1) is 5.82 Å².